The maximum absolute atomic E-state index is 12.8. The minimum absolute atomic E-state index is 0.00518. The first-order valence-corrected chi connectivity index (χ1v) is 10.3. The molecule has 3 N–H and O–H groups in total. The summed E-state index contributed by atoms with van der Waals surface area (Å²) in [4.78, 5) is 33.9. The number of anilines is 1. The number of nitrogens with zero attached hydrogens (tertiary/aromatic N) is 2. The number of carbonyl (C=O) groups is 1. The van der Waals surface area contributed by atoms with E-state index in [0.717, 1.165) is 11.3 Å². The minimum atomic E-state index is -0.322. The van der Waals surface area contributed by atoms with Crippen molar-refractivity contribution in [3.05, 3.63) is 74.7 Å². The predicted molar refractivity (Wildman–Crippen MR) is 110 cm³/mol. The number of carbonyl (C=O) groups excluding carboxylic acids is 1. The fourth-order valence-electron chi connectivity index (χ4n) is 2.53. The highest BCUT2D eigenvalue weighted by molar-refractivity contribution is 7.99. The summed E-state index contributed by atoms with van der Waals surface area (Å²) >= 11 is 2.82. The van der Waals surface area contributed by atoms with E-state index in [9.17, 15) is 9.59 Å². The first-order valence-electron chi connectivity index (χ1n) is 8.44. The van der Waals surface area contributed by atoms with E-state index in [1.54, 1.807) is 11.3 Å². The maximum Gasteiger partial charge on any atom is 0.253 e. The Morgan fingerprint density at radius 1 is 1.22 bits per heavy atom. The monoisotopic (exact) mass is 400 g/mol. The zero-order valence-electron chi connectivity index (χ0n) is 14.6. The van der Waals surface area contributed by atoms with Crippen molar-refractivity contribution in [2.24, 2.45) is 0 Å². The molecule has 0 aliphatic carbocycles. The highest BCUT2D eigenvalue weighted by Gasteiger charge is 2.16. The number of hydrogen-bond acceptors (Lipinski definition) is 6. The van der Waals surface area contributed by atoms with Crippen molar-refractivity contribution < 1.29 is 4.79 Å². The summed E-state index contributed by atoms with van der Waals surface area (Å²) in [7, 11) is 0. The van der Waals surface area contributed by atoms with Crippen LogP contribution < -0.4 is 11.3 Å². The standard InChI is InChI=1S/C19H20N4O2S2/c20-16-11-17(24)22-19(21-16)27-13-18(25)23(12-15-7-4-10-26-15)9-8-14-5-2-1-3-6-14/h1-7,10-11H,8-9,12-13H2,(H3,20,21,22,24). The van der Waals surface area contributed by atoms with Gasteiger partial charge in [0.15, 0.2) is 5.16 Å². The number of nitrogens with two attached hydrogens (primary N) is 1. The summed E-state index contributed by atoms with van der Waals surface area (Å²) < 4.78 is 0. The number of amides is 1. The molecule has 0 unspecified atom stereocenters. The Labute approximate surface area is 165 Å². The van der Waals surface area contributed by atoms with Gasteiger partial charge in [-0.05, 0) is 23.4 Å². The van der Waals surface area contributed by atoms with Gasteiger partial charge in [0.1, 0.15) is 5.82 Å². The lowest BCUT2D eigenvalue weighted by Gasteiger charge is -2.22. The van der Waals surface area contributed by atoms with Crippen LogP contribution in [0.2, 0.25) is 0 Å². The van der Waals surface area contributed by atoms with Crippen LogP contribution in [0.1, 0.15) is 10.4 Å². The molecule has 140 valence electrons. The number of rotatable bonds is 8. The second-order valence-electron chi connectivity index (χ2n) is 5.89. The quantitative estimate of drug-likeness (QED) is 0.448. The lowest BCUT2D eigenvalue weighted by molar-refractivity contribution is -0.128. The van der Waals surface area contributed by atoms with E-state index in [0.29, 0.717) is 18.2 Å². The number of hydrogen-bond donors (Lipinski definition) is 2. The molecule has 1 amide bonds. The summed E-state index contributed by atoms with van der Waals surface area (Å²) in [6, 6.07) is 15.3. The molecule has 27 heavy (non-hydrogen) atoms. The highest BCUT2D eigenvalue weighted by atomic mass is 32.2. The fourth-order valence-corrected chi connectivity index (χ4v) is 4.04. The van der Waals surface area contributed by atoms with Crippen LogP contribution in [0.25, 0.3) is 0 Å². The first kappa shape index (κ1) is 19.2. The van der Waals surface area contributed by atoms with Crippen molar-refractivity contribution in [2.75, 3.05) is 18.0 Å². The minimum Gasteiger partial charge on any atom is -0.383 e. The SMILES string of the molecule is Nc1cc(=O)[nH]c(SCC(=O)N(CCc2ccccc2)Cc2cccs2)n1. The zero-order chi connectivity index (χ0) is 19.1. The number of thioether (sulfide) groups is 1. The predicted octanol–water partition coefficient (Wildman–Crippen LogP) is 2.78. The third kappa shape index (κ3) is 5.97. The van der Waals surface area contributed by atoms with Gasteiger partial charge in [-0.25, -0.2) is 4.98 Å². The fraction of sp³-hybridized carbons (Fsp3) is 0.211. The van der Waals surface area contributed by atoms with Gasteiger partial charge < -0.3 is 15.6 Å². The van der Waals surface area contributed by atoms with Gasteiger partial charge in [0.05, 0.1) is 12.3 Å². The zero-order valence-corrected chi connectivity index (χ0v) is 16.3. The Kier molecular flexibility index (Phi) is 6.67. The molecule has 2 aromatic heterocycles. The number of aromatic amines is 1. The van der Waals surface area contributed by atoms with E-state index in [2.05, 4.69) is 22.1 Å². The van der Waals surface area contributed by atoms with Crippen molar-refractivity contribution >= 4 is 34.8 Å². The summed E-state index contributed by atoms with van der Waals surface area (Å²) in [6.07, 6.45) is 0.788. The summed E-state index contributed by atoms with van der Waals surface area (Å²) in [5.41, 5.74) is 6.46. The van der Waals surface area contributed by atoms with Gasteiger partial charge in [0, 0.05) is 17.5 Å². The van der Waals surface area contributed by atoms with Crippen LogP contribution in [0.4, 0.5) is 5.82 Å². The van der Waals surface area contributed by atoms with Gasteiger partial charge in [-0.3, -0.25) is 9.59 Å². The van der Waals surface area contributed by atoms with Gasteiger partial charge in [-0.1, -0.05) is 48.2 Å². The number of thiophene rings is 1. The topological polar surface area (TPSA) is 92.1 Å². The van der Waals surface area contributed by atoms with Crippen LogP contribution in [0, 0.1) is 0 Å². The smallest absolute Gasteiger partial charge is 0.253 e. The Balaban J connectivity index is 1.64. The average molecular weight is 401 g/mol. The van der Waals surface area contributed by atoms with Crippen LogP contribution in [0.15, 0.2) is 63.9 Å². The Hall–Kier alpha value is -2.58. The molecule has 0 saturated carbocycles. The van der Waals surface area contributed by atoms with E-state index in [1.807, 2.05) is 40.6 Å². The van der Waals surface area contributed by atoms with Crippen molar-refractivity contribution in [2.45, 2.75) is 18.1 Å². The molecular weight excluding hydrogens is 380 g/mol. The third-order valence-electron chi connectivity index (χ3n) is 3.86. The van der Waals surface area contributed by atoms with E-state index >= 15 is 0 Å². The molecule has 0 aliphatic rings. The lowest BCUT2D eigenvalue weighted by atomic mass is 10.1. The van der Waals surface area contributed by atoms with Gasteiger partial charge in [0.2, 0.25) is 5.91 Å². The molecule has 0 saturated heterocycles. The van der Waals surface area contributed by atoms with Crippen molar-refractivity contribution in [1.29, 1.82) is 0 Å². The van der Waals surface area contributed by atoms with Gasteiger partial charge in [0.25, 0.3) is 5.56 Å². The summed E-state index contributed by atoms with van der Waals surface area (Å²) in [6.45, 7) is 1.20. The molecule has 6 nitrogen and oxygen atoms in total. The molecule has 3 rings (SSSR count). The molecule has 0 atom stereocenters. The number of aromatic nitrogens is 2. The molecule has 0 radical (unpaired) electrons. The van der Waals surface area contributed by atoms with E-state index < -0.39 is 0 Å². The molecule has 8 heteroatoms. The Morgan fingerprint density at radius 2 is 2.04 bits per heavy atom. The maximum atomic E-state index is 12.8. The molecule has 0 bridgehead atoms. The lowest BCUT2D eigenvalue weighted by Crippen LogP contribution is -2.33. The number of nitrogens with one attached hydrogen (secondary N) is 1. The van der Waals surface area contributed by atoms with E-state index in [4.69, 9.17) is 5.73 Å². The second-order valence-corrected chi connectivity index (χ2v) is 7.89. The largest absolute Gasteiger partial charge is 0.383 e. The summed E-state index contributed by atoms with van der Waals surface area (Å²) in [5.74, 6) is 0.328. The average Bonchev–Trinajstić information content (AvgIpc) is 3.16. The Morgan fingerprint density at radius 3 is 2.74 bits per heavy atom. The normalized spacial score (nSPS) is 10.7. The van der Waals surface area contributed by atoms with Crippen LogP contribution in [0.3, 0.4) is 0 Å². The van der Waals surface area contributed by atoms with Gasteiger partial charge in [-0.2, -0.15) is 0 Å². The van der Waals surface area contributed by atoms with E-state index in [-0.39, 0.29) is 23.0 Å². The summed E-state index contributed by atoms with van der Waals surface area (Å²) in [5, 5.41) is 2.36. The van der Waals surface area contributed by atoms with Crippen LogP contribution in [-0.4, -0.2) is 33.1 Å². The van der Waals surface area contributed by atoms with Gasteiger partial charge >= 0.3 is 0 Å². The van der Waals surface area contributed by atoms with Crippen LogP contribution in [0.5, 0.6) is 0 Å². The van der Waals surface area contributed by atoms with Crippen LogP contribution in [-0.2, 0) is 17.8 Å². The number of H-pyrrole nitrogens is 1. The van der Waals surface area contributed by atoms with Crippen molar-refractivity contribution in [1.82, 2.24) is 14.9 Å². The van der Waals surface area contributed by atoms with Crippen molar-refractivity contribution in [3.63, 3.8) is 0 Å². The van der Waals surface area contributed by atoms with Crippen LogP contribution >= 0.6 is 23.1 Å². The molecule has 3 aromatic rings. The Bertz CT molecular complexity index is 926. The first-order chi connectivity index (χ1) is 13.1. The second kappa shape index (κ2) is 9.38. The number of benzene rings is 1. The molecule has 1 aromatic carbocycles. The molecule has 0 fully saturated rings. The van der Waals surface area contributed by atoms with Gasteiger partial charge in [-0.15, -0.1) is 11.3 Å². The number of nitrogen functional groups attached to an aromatic ring is 1. The van der Waals surface area contributed by atoms with Crippen molar-refractivity contribution in [3.8, 4) is 0 Å². The van der Waals surface area contributed by atoms with E-state index in [1.165, 1.54) is 23.4 Å². The molecule has 0 aliphatic heterocycles. The third-order valence-corrected chi connectivity index (χ3v) is 5.58. The molecule has 2 heterocycles. The molecular formula is C19H20N4O2S2. The highest BCUT2D eigenvalue weighted by Crippen LogP contribution is 2.17. The molecule has 0 spiro atoms.